The van der Waals surface area contributed by atoms with E-state index in [1.165, 1.54) is 0 Å². The van der Waals surface area contributed by atoms with E-state index in [0.29, 0.717) is 0 Å². The predicted molar refractivity (Wildman–Crippen MR) is 88.4 cm³/mol. The number of halogens is 1. The van der Waals surface area contributed by atoms with Crippen LogP contribution in [0.25, 0.3) is 21.5 Å². The molecular formula is C15H11BrO9. The third-order valence-electron chi connectivity index (χ3n) is 3.99. The number of fused-ring (bicyclic) bond motifs is 2. The number of aliphatic hydroxyl groups is 1. The topological polar surface area (TPSA) is 182 Å². The first kappa shape index (κ1) is 16.9. The number of aliphatic hydroxyl groups excluding tert-OH is 1. The molecule has 0 aliphatic heterocycles. The highest BCUT2D eigenvalue weighted by atomic mass is 79.9. The average Bonchev–Trinajstić information content (AvgIpc) is 2.59. The van der Waals surface area contributed by atoms with Gasteiger partial charge in [-0.05, 0) is 15.9 Å². The molecule has 0 amide bonds. The molecule has 0 fully saturated rings. The highest BCUT2D eigenvalue weighted by molar-refractivity contribution is 9.10. The molecule has 3 aromatic carbocycles. The van der Waals surface area contributed by atoms with Gasteiger partial charge in [0.15, 0.2) is 23.0 Å². The summed E-state index contributed by atoms with van der Waals surface area (Å²) in [6.45, 7) is -0.866. The van der Waals surface area contributed by atoms with E-state index in [-0.39, 0.29) is 31.6 Å². The Labute approximate surface area is 146 Å². The quantitative estimate of drug-likeness (QED) is 0.163. The summed E-state index contributed by atoms with van der Waals surface area (Å²) in [5, 5.41) is 87.8. The zero-order valence-electron chi connectivity index (χ0n) is 12.1. The van der Waals surface area contributed by atoms with E-state index in [4.69, 9.17) is 0 Å². The van der Waals surface area contributed by atoms with Crippen molar-refractivity contribution in [1.29, 1.82) is 0 Å². The van der Waals surface area contributed by atoms with E-state index in [2.05, 4.69) is 15.9 Å². The second-order valence-corrected chi connectivity index (χ2v) is 6.03. The first-order valence-electron chi connectivity index (χ1n) is 6.65. The third kappa shape index (κ3) is 1.91. The summed E-state index contributed by atoms with van der Waals surface area (Å²) < 4.78 is -0.194. The Bertz CT molecular complexity index is 994. The molecule has 3 aromatic rings. The van der Waals surface area contributed by atoms with Crippen molar-refractivity contribution in [3.05, 3.63) is 10.0 Å². The minimum Gasteiger partial charge on any atom is -0.504 e. The van der Waals surface area contributed by atoms with Crippen LogP contribution in [0.3, 0.4) is 0 Å². The molecule has 0 aliphatic rings. The lowest BCUT2D eigenvalue weighted by molar-refractivity contribution is 0.283. The van der Waals surface area contributed by atoms with Crippen LogP contribution in [0.1, 0.15) is 5.56 Å². The van der Waals surface area contributed by atoms with E-state index in [9.17, 15) is 46.0 Å². The Morgan fingerprint density at radius 1 is 0.480 bits per heavy atom. The Balaban J connectivity index is 2.84. The molecule has 3 rings (SSSR count). The van der Waals surface area contributed by atoms with Gasteiger partial charge in [-0.3, -0.25) is 0 Å². The van der Waals surface area contributed by atoms with Crippen molar-refractivity contribution in [2.75, 3.05) is 0 Å². The summed E-state index contributed by atoms with van der Waals surface area (Å²) in [5.41, 5.74) is -0.292. The van der Waals surface area contributed by atoms with Gasteiger partial charge >= 0.3 is 0 Å². The number of rotatable bonds is 1. The number of benzene rings is 3. The van der Waals surface area contributed by atoms with Gasteiger partial charge in [-0.25, -0.2) is 0 Å². The molecule has 0 unspecified atom stereocenters. The maximum absolute atomic E-state index is 10.1. The molecule has 0 heterocycles. The standard InChI is InChI=1S/C15H11BrO9/c16-7-5-3(8(18)12(22)14(24)10(5)20)2(1-17)4-6(7)11(21)15(25)13(23)9(4)19/h17-25H,1H2. The molecular weight excluding hydrogens is 404 g/mol. The van der Waals surface area contributed by atoms with Crippen molar-refractivity contribution >= 4 is 37.5 Å². The van der Waals surface area contributed by atoms with E-state index in [1.807, 2.05) is 0 Å². The highest BCUT2D eigenvalue weighted by Crippen LogP contribution is 2.58. The summed E-state index contributed by atoms with van der Waals surface area (Å²) in [7, 11) is 0. The van der Waals surface area contributed by atoms with Crippen LogP contribution in [0.2, 0.25) is 0 Å². The summed E-state index contributed by atoms with van der Waals surface area (Å²) in [6.07, 6.45) is 0. The van der Waals surface area contributed by atoms with Gasteiger partial charge in [-0.2, -0.15) is 0 Å². The van der Waals surface area contributed by atoms with Crippen LogP contribution in [0.4, 0.5) is 0 Å². The summed E-state index contributed by atoms with van der Waals surface area (Å²) in [5.74, 6) is -7.86. The molecule has 0 aromatic heterocycles. The van der Waals surface area contributed by atoms with Gasteiger partial charge in [0, 0.05) is 31.6 Å². The SMILES string of the molecule is OCc1c2c(O)c(O)c(O)c(O)c2c(Br)c2c(O)c(O)c(O)c(O)c12. The molecule has 0 saturated carbocycles. The fourth-order valence-corrected chi connectivity index (χ4v) is 3.59. The molecule has 9 N–H and O–H groups in total. The normalized spacial score (nSPS) is 11.4. The Hall–Kier alpha value is -2.98. The highest BCUT2D eigenvalue weighted by Gasteiger charge is 2.29. The molecule has 0 spiro atoms. The average molecular weight is 415 g/mol. The van der Waals surface area contributed by atoms with Crippen LogP contribution < -0.4 is 0 Å². The molecule has 25 heavy (non-hydrogen) atoms. The maximum atomic E-state index is 10.1. The van der Waals surface area contributed by atoms with Crippen molar-refractivity contribution in [3.8, 4) is 46.0 Å². The van der Waals surface area contributed by atoms with Crippen LogP contribution in [-0.4, -0.2) is 46.0 Å². The van der Waals surface area contributed by atoms with Gasteiger partial charge in [0.1, 0.15) is 0 Å². The molecule has 0 atom stereocenters. The molecule has 9 nitrogen and oxygen atoms in total. The van der Waals surface area contributed by atoms with Gasteiger partial charge in [0.25, 0.3) is 0 Å². The maximum Gasteiger partial charge on any atom is 0.204 e. The molecule has 10 heteroatoms. The zero-order valence-corrected chi connectivity index (χ0v) is 13.7. The minimum absolute atomic E-state index is 0.194. The lowest BCUT2D eigenvalue weighted by Gasteiger charge is -2.18. The lowest BCUT2D eigenvalue weighted by atomic mass is 9.93. The third-order valence-corrected chi connectivity index (χ3v) is 4.79. The Morgan fingerprint density at radius 3 is 1.04 bits per heavy atom. The monoisotopic (exact) mass is 414 g/mol. The zero-order chi connectivity index (χ0) is 18.8. The van der Waals surface area contributed by atoms with Crippen molar-refractivity contribution in [3.63, 3.8) is 0 Å². The number of hydrogen-bond donors (Lipinski definition) is 9. The number of phenols is 8. The van der Waals surface area contributed by atoms with Crippen LogP contribution in [0.15, 0.2) is 4.47 Å². The van der Waals surface area contributed by atoms with Crippen molar-refractivity contribution < 1.29 is 46.0 Å². The van der Waals surface area contributed by atoms with Gasteiger partial charge in [0.05, 0.1) is 6.61 Å². The number of phenolic OH excluding ortho intramolecular Hbond substituents is 8. The molecule has 132 valence electrons. The molecule has 0 saturated heterocycles. The largest absolute Gasteiger partial charge is 0.504 e. The Morgan fingerprint density at radius 2 is 0.760 bits per heavy atom. The summed E-state index contributed by atoms with van der Waals surface area (Å²) >= 11 is 3.02. The first-order valence-corrected chi connectivity index (χ1v) is 7.44. The summed E-state index contributed by atoms with van der Waals surface area (Å²) in [6, 6.07) is 0. The second kappa shape index (κ2) is 5.26. The van der Waals surface area contributed by atoms with Gasteiger partial charge in [-0.1, -0.05) is 0 Å². The van der Waals surface area contributed by atoms with Gasteiger partial charge in [-0.15, -0.1) is 0 Å². The fourth-order valence-electron chi connectivity index (χ4n) is 2.82. The summed E-state index contributed by atoms with van der Waals surface area (Å²) in [4.78, 5) is 0. The number of aromatic hydroxyl groups is 8. The fraction of sp³-hybridized carbons (Fsp3) is 0.0667. The lowest BCUT2D eigenvalue weighted by Crippen LogP contribution is -1.94. The number of hydrogen-bond acceptors (Lipinski definition) is 9. The van der Waals surface area contributed by atoms with Crippen LogP contribution in [0.5, 0.6) is 46.0 Å². The smallest absolute Gasteiger partial charge is 0.204 e. The van der Waals surface area contributed by atoms with Crippen LogP contribution in [-0.2, 0) is 6.61 Å². The van der Waals surface area contributed by atoms with E-state index >= 15 is 0 Å². The van der Waals surface area contributed by atoms with E-state index in [0.717, 1.165) is 0 Å². The first-order chi connectivity index (χ1) is 11.6. The van der Waals surface area contributed by atoms with Crippen molar-refractivity contribution in [2.45, 2.75) is 6.61 Å². The van der Waals surface area contributed by atoms with E-state index < -0.39 is 52.6 Å². The van der Waals surface area contributed by atoms with E-state index in [1.54, 1.807) is 0 Å². The molecule has 0 aliphatic carbocycles. The molecule has 0 radical (unpaired) electrons. The van der Waals surface area contributed by atoms with Crippen LogP contribution >= 0.6 is 15.9 Å². The van der Waals surface area contributed by atoms with Gasteiger partial charge in [0.2, 0.25) is 23.0 Å². The van der Waals surface area contributed by atoms with Crippen LogP contribution in [0, 0.1) is 0 Å². The minimum atomic E-state index is -1.07. The van der Waals surface area contributed by atoms with Crippen molar-refractivity contribution in [1.82, 2.24) is 0 Å². The predicted octanol–water partition coefficient (Wildman–Crippen LogP) is 1.89. The van der Waals surface area contributed by atoms with Gasteiger partial charge < -0.3 is 46.0 Å². The Kier molecular flexibility index (Phi) is 3.55. The van der Waals surface area contributed by atoms with Crippen molar-refractivity contribution in [2.24, 2.45) is 0 Å². The molecule has 0 bridgehead atoms. The second-order valence-electron chi connectivity index (χ2n) is 5.24.